The van der Waals surface area contributed by atoms with Crippen LogP contribution in [0.1, 0.15) is 45.4 Å². The number of rotatable bonds is 2. The highest BCUT2D eigenvalue weighted by Gasteiger charge is 2.41. The Morgan fingerprint density at radius 2 is 1.86 bits per heavy atom. The van der Waals surface area contributed by atoms with E-state index in [9.17, 15) is 4.79 Å². The molecule has 3 saturated heterocycles. The number of carbonyl (C=O) groups is 1. The number of carbonyl (C=O) groups excluding carboxylic acids is 1. The van der Waals surface area contributed by atoms with Gasteiger partial charge >= 0.3 is 0 Å². The maximum Gasteiger partial charge on any atom is 0.217 e. The molecule has 3 aliphatic heterocycles. The molecule has 0 aliphatic carbocycles. The van der Waals surface area contributed by atoms with Crippen molar-refractivity contribution in [1.29, 1.82) is 0 Å². The van der Waals surface area contributed by atoms with Gasteiger partial charge in [0.2, 0.25) is 5.91 Å². The second kappa shape index (κ2) is 6.63. The van der Waals surface area contributed by atoms with Gasteiger partial charge in [-0.3, -0.25) is 9.69 Å². The van der Waals surface area contributed by atoms with Gasteiger partial charge in [-0.15, -0.1) is 0 Å². The van der Waals surface area contributed by atoms with Crippen LogP contribution in [0.5, 0.6) is 0 Å². The van der Waals surface area contributed by atoms with Crippen molar-refractivity contribution in [3.8, 4) is 0 Å². The third-order valence-electron chi connectivity index (χ3n) is 5.32. The summed E-state index contributed by atoms with van der Waals surface area (Å²) >= 11 is 0. The van der Waals surface area contributed by atoms with E-state index in [4.69, 9.17) is 9.47 Å². The number of hydrogen-bond acceptors (Lipinski definition) is 4. The lowest BCUT2D eigenvalue weighted by Crippen LogP contribution is -2.55. The predicted octanol–water partition coefficient (Wildman–Crippen LogP) is 1.32. The highest BCUT2D eigenvalue weighted by Crippen LogP contribution is 2.36. The number of piperidine rings is 1. The molecule has 3 fully saturated rings. The number of amides is 1. The molecule has 120 valence electrons. The number of hydrogen-bond donors (Lipinski definition) is 1. The van der Waals surface area contributed by atoms with Crippen molar-refractivity contribution >= 4 is 5.91 Å². The minimum absolute atomic E-state index is 0.00698. The van der Waals surface area contributed by atoms with Crippen molar-refractivity contribution in [3.63, 3.8) is 0 Å². The fraction of sp³-hybridized carbons (Fsp3) is 0.938. The van der Waals surface area contributed by atoms with E-state index in [2.05, 4.69) is 10.2 Å². The lowest BCUT2D eigenvalue weighted by Gasteiger charge is -2.48. The smallest absolute Gasteiger partial charge is 0.217 e. The van der Waals surface area contributed by atoms with E-state index in [-0.39, 0.29) is 11.5 Å². The molecule has 1 atom stereocenters. The van der Waals surface area contributed by atoms with Gasteiger partial charge in [-0.1, -0.05) is 0 Å². The molecule has 3 aliphatic rings. The molecule has 0 bridgehead atoms. The van der Waals surface area contributed by atoms with Crippen LogP contribution in [0, 0.1) is 0 Å². The zero-order chi connectivity index (χ0) is 14.7. The summed E-state index contributed by atoms with van der Waals surface area (Å²) in [6.07, 6.45) is 6.46. The Hall–Kier alpha value is -0.650. The first-order chi connectivity index (χ1) is 10.2. The SMILES string of the molecule is CC(=O)NC1CCOC2(CCN(C3CCOCC3)CC2)C1. The van der Waals surface area contributed by atoms with Crippen molar-refractivity contribution in [2.75, 3.05) is 32.9 Å². The van der Waals surface area contributed by atoms with Gasteiger partial charge in [-0.25, -0.2) is 0 Å². The van der Waals surface area contributed by atoms with Crippen LogP contribution < -0.4 is 5.32 Å². The molecule has 1 amide bonds. The van der Waals surface area contributed by atoms with Gasteiger partial charge in [0.05, 0.1) is 5.60 Å². The van der Waals surface area contributed by atoms with E-state index in [1.807, 2.05) is 0 Å². The second-order valence-electron chi connectivity index (χ2n) is 6.80. The summed E-state index contributed by atoms with van der Waals surface area (Å²) in [5, 5.41) is 3.08. The van der Waals surface area contributed by atoms with Gasteiger partial charge in [0.15, 0.2) is 0 Å². The molecule has 3 rings (SSSR count). The van der Waals surface area contributed by atoms with Gasteiger partial charge in [-0.05, 0) is 38.5 Å². The quantitative estimate of drug-likeness (QED) is 0.835. The van der Waals surface area contributed by atoms with Gasteiger partial charge < -0.3 is 14.8 Å². The summed E-state index contributed by atoms with van der Waals surface area (Å²) in [5.74, 6) is 0.0803. The maximum absolute atomic E-state index is 11.3. The zero-order valence-electron chi connectivity index (χ0n) is 13.1. The van der Waals surface area contributed by atoms with E-state index in [1.165, 1.54) is 12.8 Å². The van der Waals surface area contributed by atoms with Crippen molar-refractivity contribution < 1.29 is 14.3 Å². The first kappa shape index (κ1) is 15.3. The third-order valence-corrected chi connectivity index (χ3v) is 5.32. The molecule has 0 aromatic carbocycles. The molecule has 1 unspecified atom stereocenters. The molecule has 21 heavy (non-hydrogen) atoms. The van der Waals surface area contributed by atoms with E-state index < -0.39 is 0 Å². The van der Waals surface area contributed by atoms with Gasteiger partial charge in [0, 0.05) is 51.9 Å². The Bertz CT molecular complexity index is 361. The van der Waals surface area contributed by atoms with Crippen molar-refractivity contribution in [2.45, 2.75) is 63.1 Å². The van der Waals surface area contributed by atoms with E-state index in [1.54, 1.807) is 6.92 Å². The molecule has 1 spiro atoms. The van der Waals surface area contributed by atoms with Crippen molar-refractivity contribution in [2.24, 2.45) is 0 Å². The molecule has 5 heteroatoms. The molecule has 1 N–H and O–H groups in total. The number of nitrogens with zero attached hydrogens (tertiary/aromatic N) is 1. The van der Waals surface area contributed by atoms with Gasteiger partial charge in [0.25, 0.3) is 0 Å². The number of likely N-dealkylation sites (tertiary alicyclic amines) is 1. The molecule has 0 saturated carbocycles. The lowest BCUT2D eigenvalue weighted by atomic mass is 9.81. The average Bonchev–Trinajstić information content (AvgIpc) is 2.48. The Balaban J connectivity index is 1.52. The molecular formula is C16H28N2O3. The summed E-state index contributed by atoms with van der Waals surface area (Å²) < 4.78 is 11.6. The van der Waals surface area contributed by atoms with Crippen LogP contribution in [0.25, 0.3) is 0 Å². The van der Waals surface area contributed by atoms with Crippen LogP contribution in [0.15, 0.2) is 0 Å². The monoisotopic (exact) mass is 296 g/mol. The fourth-order valence-corrected chi connectivity index (χ4v) is 4.13. The molecule has 0 radical (unpaired) electrons. The predicted molar refractivity (Wildman–Crippen MR) is 80.2 cm³/mol. The number of nitrogens with one attached hydrogen (secondary N) is 1. The first-order valence-corrected chi connectivity index (χ1v) is 8.40. The second-order valence-corrected chi connectivity index (χ2v) is 6.80. The van der Waals surface area contributed by atoms with Crippen LogP contribution in [-0.4, -0.2) is 61.4 Å². The lowest BCUT2D eigenvalue weighted by molar-refractivity contribution is -0.133. The Kier molecular flexibility index (Phi) is 4.82. The normalized spacial score (nSPS) is 31.2. The first-order valence-electron chi connectivity index (χ1n) is 8.40. The minimum atomic E-state index is 0.00698. The topological polar surface area (TPSA) is 50.8 Å². The summed E-state index contributed by atoms with van der Waals surface area (Å²) in [6.45, 7) is 6.45. The summed E-state index contributed by atoms with van der Waals surface area (Å²) in [4.78, 5) is 13.9. The van der Waals surface area contributed by atoms with E-state index >= 15 is 0 Å². The molecular weight excluding hydrogens is 268 g/mol. The van der Waals surface area contributed by atoms with Gasteiger partial charge in [0.1, 0.15) is 0 Å². The van der Waals surface area contributed by atoms with Crippen molar-refractivity contribution in [3.05, 3.63) is 0 Å². The van der Waals surface area contributed by atoms with Crippen LogP contribution in [0.2, 0.25) is 0 Å². The van der Waals surface area contributed by atoms with Crippen LogP contribution in [0.3, 0.4) is 0 Å². The van der Waals surface area contributed by atoms with Gasteiger partial charge in [-0.2, -0.15) is 0 Å². The van der Waals surface area contributed by atoms with Crippen LogP contribution in [-0.2, 0) is 14.3 Å². The van der Waals surface area contributed by atoms with Crippen LogP contribution >= 0.6 is 0 Å². The summed E-state index contributed by atoms with van der Waals surface area (Å²) in [5.41, 5.74) is 0.00698. The largest absolute Gasteiger partial charge is 0.381 e. The van der Waals surface area contributed by atoms with E-state index in [0.717, 1.165) is 58.6 Å². The highest BCUT2D eigenvalue weighted by molar-refractivity contribution is 5.73. The zero-order valence-corrected chi connectivity index (χ0v) is 13.1. The van der Waals surface area contributed by atoms with Crippen LogP contribution in [0.4, 0.5) is 0 Å². The molecule has 3 heterocycles. The average molecular weight is 296 g/mol. The Morgan fingerprint density at radius 1 is 1.14 bits per heavy atom. The molecule has 0 aromatic heterocycles. The number of ether oxygens (including phenoxy) is 2. The standard InChI is InChI=1S/C16H28N2O3/c1-13(19)17-14-2-11-21-16(12-14)5-7-18(8-6-16)15-3-9-20-10-4-15/h14-15H,2-12H2,1H3,(H,17,19). The minimum Gasteiger partial charge on any atom is -0.381 e. The molecule has 0 aromatic rings. The molecule has 5 nitrogen and oxygen atoms in total. The Labute approximate surface area is 127 Å². The van der Waals surface area contributed by atoms with E-state index in [0.29, 0.717) is 12.1 Å². The summed E-state index contributed by atoms with van der Waals surface area (Å²) in [6, 6.07) is 0.997. The summed E-state index contributed by atoms with van der Waals surface area (Å²) in [7, 11) is 0. The Morgan fingerprint density at radius 3 is 2.52 bits per heavy atom. The van der Waals surface area contributed by atoms with Crippen molar-refractivity contribution in [1.82, 2.24) is 10.2 Å². The third kappa shape index (κ3) is 3.76. The maximum atomic E-state index is 11.3. The highest BCUT2D eigenvalue weighted by atomic mass is 16.5. The fourth-order valence-electron chi connectivity index (χ4n) is 4.13.